The number of esters is 1. The number of hydrogen-bond donors (Lipinski definition) is 2. The molecule has 2 rings (SSSR count). The van der Waals surface area contributed by atoms with Crippen molar-refractivity contribution < 1.29 is 28.7 Å². The lowest BCUT2D eigenvalue weighted by Gasteiger charge is -2.13. The van der Waals surface area contributed by atoms with Gasteiger partial charge in [-0.15, -0.1) is 0 Å². The van der Waals surface area contributed by atoms with E-state index in [9.17, 15) is 24.0 Å². The van der Waals surface area contributed by atoms with Gasteiger partial charge in [0.05, 0.1) is 24.1 Å². The van der Waals surface area contributed by atoms with Gasteiger partial charge in [0.1, 0.15) is 0 Å². The Morgan fingerprint density at radius 3 is 2.56 bits per heavy atom. The Hall–Kier alpha value is -2.88. The maximum absolute atomic E-state index is 11.9. The van der Waals surface area contributed by atoms with Gasteiger partial charge < -0.3 is 15.4 Å². The minimum Gasteiger partial charge on any atom is -0.465 e. The monoisotopic (exact) mass is 365 g/mol. The van der Waals surface area contributed by atoms with E-state index < -0.39 is 17.8 Å². The normalized spacial score (nSPS) is 13.6. The summed E-state index contributed by atoms with van der Waals surface area (Å²) in [4.78, 5) is 59.1. The lowest BCUT2D eigenvalue weighted by molar-refractivity contribution is -0.136. The molecule has 0 atom stereocenters. The summed E-state index contributed by atoms with van der Waals surface area (Å²) in [6, 6.07) is 6.07. The molecule has 1 heterocycles. The average molecular weight is 365 g/mol. The highest BCUT2D eigenvalue weighted by Crippen LogP contribution is 2.18. The van der Waals surface area contributed by atoms with Gasteiger partial charge in [-0.1, -0.05) is 23.9 Å². The summed E-state index contributed by atoms with van der Waals surface area (Å²) in [7, 11) is 1.20. The molecule has 132 valence electrons. The van der Waals surface area contributed by atoms with Gasteiger partial charge in [-0.25, -0.2) is 4.79 Å². The molecule has 1 fully saturated rings. The van der Waals surface area contributed by atoms with Gasteiger partial charge in [-0.3, -0.25) is 24.1 Å². The summed E-state index contributed by atoms with van der Waals surface area (Å²) in [6.07, 6.45) is 0. The maximum atomic E-state index is 11.9. The van der Waals surface area contributed by atoms with Gasteiger partial charge in [0.2, 0.25) is 5.91 Å². The second-order valence-corrected chi connectivity index (χ2v) is 5.77. The smallest absolute Gasteiger partial charge is 0.339 e. The van der Waals surface area contributed by atoms with Crippen molar-refractivity contribution in [1.82, 2.24) is 10.2 Å². The third-order valence-electron chi connectivity index (χ3n) is 3.25. The van der Waals surface area contributed by atoms with Crippen LogP contribution < -0.4 is 10.6 Å². The molecule has 25 heavy (non-hydrogen) atoms. The number of carbonyl (C=O) groups excluding carboxylic acids is 5. The molecule has 0 bridgehead atoms. The van der Waals surface area contributed by atoms with Crippen molar-refractivity contribution in [2.24, 2.45) is 0 Å². The molecule has 9 nitrogen and oxygen atoms in total. The van der Waals surface area contributed by atoms with Gasteiger partial charge in [0.25, 0.3) is 5.24 Å². The molecule has 0 unspecified atom stereocenters. The van der Waals surface area contributed by atoms with Crippen LogP contribution in [0, 0.1) is 0 Å². The van der Waals surface area contributed by atoms with Gasteiger partial charge in [-0.05, 0) is 12.1 Å². The predicted molar refractivity (Wildman–Crippen MR) is 89.0 cm³/mol. The minimum absolute atomic E-state index is 0.0115. The van der Waals surface area contributed by atoms with Crippen molar-refractivity contribution in [1.29, 1.82) is 0 Å². The molecular weight excluding hydrogens is 350 g/mol. The Bertz CT molecular complexity index is 720. The standard InChI is InChI=1S/C15H15N3O6S/c1-24-14(22)9-4-2-3-5-10(9)17-13(21)12(20)16-6-7-18-11(19)8-25-15(18)23/h2-5H,6-8H2,1H3,(H,16,20)(H,17,21). The molecular formula is C15H15N3O6S. The molecule has 1 aliphatic rings. The highest BCUT2D eigenvalue weighted by molar-refractivity contribution is 8.14. The van der Waals surface area contributed by atoms with E-state index in [0.717, 1.165) is 16.7 Å². The van der Waals surface area contributed by atoms with Crippen LogP contribution in [-0.4, -0.2) is 59.8 Å². The van der Waals surface area contributed by atoms with Crippen molar-refractivity contribution in [2.75, 3.05) is 31.3 Å². The van der Waals surface area contributed by atoms with Crippen molar-refractivity contribution in [3.05, 3.63) is 29.8 Å². The largest absolute Gasteiger partial charge is 0.465 e. The Kier molecular flexibility index (Phi) is 6.12. The first kappa shape index (κ1) is 18.5. The Morgan fingerprint density at radius 1 is 1.20 bits per heavy atom. The zero-order valence-electron chi connectivity index (χ0n) is 13.2. The summed E-state index contributed by atoms with van der Waals surface area (Å²) in [6.45, 7) is -0.0641. The number of anilines is 1. The Morgan fingerprint density at radius 2 is 1.92 bits per heavy atom. The fourth-order valence-electron chi connectivity index (χ4n) is 2.02. The van der Waals surface area contributed by atoms with Crippen LogP contribution in [-0.2, 0) is 19.1 Å². The van der Waals surface area contributed by atoms with Crippen LogP contribution in [0.3, 0.4) is 0 Å². The number of ether oxygens (including phenoxy) is 1. The van der Waals surface area contributed by atoms with Crippen molar-refractivity contribution >= 4 is 46.4 Å². The first-order valence-corrected chi connectivity index (χ1v) is 8.16. The van der Waals surface area contributed by atoms with E-state index >= 15 is 0 Å². The van der Waals surface area contributed by atoms with Crippen molar-refractivity contribution in [2.45, 2.75) is 0 Å². The fraction of sp³-hybridized carbons (Fsp3) is 0.267. The number of methoxy groups -OCH3 is 1. The van der Waals surface area contributed by atoms with Crippen molar-refractivity contribution in [3.63, 3.8) is 0 Å². The Labute approximate surface area is 147 Å². The van der Waals surface area contributed by atoms with E-state index in [1.165, 1.54) is 19.2 Å². The highest BCUT2D eigenvalue weighted by atomic mass is 32.2. The lowest BCUT2D eigenvalue weighted by atomic mass is 10.2. The molecule has 1 aliphatic heterocycles. The molecule has 1 aromatic rings. The second kappa shape index (κ2) is 8.29. The van der Waals surface area contributed by atoms with Crippen LogP contribution in [0.4, 0.5) is 10.5 Å². The topological polar surface area (TPSA) is 122 Å². The number of para-hydroxylation sites is 1. The molecule has 0 spiro atoms. The summed E-state index contributed by atoms with van der Waals surface area (Å²) in [5.74, 6) is -2.84. The molecule has 0 radical (unpaired) electrons. The molecule has 0 aromatic heterocycles. The van der Waals surface area contributed by atoms with Crippen LogP contribution in [0.1, 0.15) is 10.4 Å². The van der Waals surface area contributed by atoms with Crippen LogP contribution >= 0.6 is 11.8 Å². The van der Waals surface area contributed by atoms with Crippen molar-refractivity contribution in [3.8, 4) is 0 Å². The number of imide groups is 1. The van der Waals surface area contributed by atoms with Crippen LogP contribution in [0.2, 0.25) is 0 Å². The molecule has 10 heteroatoms. The number of rotatable bonds is 5. The van der Waals surface area contributed by atoms with E-state index in [1.807, 2.05) is 0 Å². The van der Waals surface area contributed by atoms with Gasteiger partial charge in [-0.2, -0.15) is 0 Å². The quantitative estimate of drug-likeness (QED) is 0.565. The summed E-state index contributed by atoms with van der Waals surface area (Å²) < 4.78 is 4.60. The number of nitrogens with one attached hydrogen (secondary N) is 2. The predicted octanol–water partition coefficient (Wildman–Crippen LogP) is 0.223. The van der Waals surface area contributed by atoms with E-state index in [2.05, 4.69) is 15.4 Å². The average Bonchev–Trinajstić information content (AvgIpc) is 2.93. The first-order valence-electron chi connectivity index (χ1n) is 7.17. The number of amides is 4. The first-order chi connectivity index (χ1) is 11.9. The maximum Gasteiger partial charge on any atom is 0.339 e. The van der Waals surface area contributed by atoms with E-state index in [1.54, 1.807) is 12.1 Å². The van der Waals surface area contributed by atoms with E-state index in [-0.39, 0.29) is 41.2 Å². The van der Waals surface area contributed by atoms with Crippen LogP contribution in [0.25, 0.3) is 0 Å². The van der Waals surface area contributed by atoms with Crippen LogP contribution in [0.5, 0.6) is 0 Å². The molecule has 4 amide bonds. The number of carbonyl (C=O) groups is 5. The molecule has 1 saturated heterocycles. The summed E-state index contributed by atoms with van der Waals surface area (Å²) in [5, 5.41) is 4.25. The third kappa shape index (κ3) is 4.57. The summed E-state index contributed by atoms with van der Waals surface area (Å²) >= 11 is 0.888. The number of thioether (sulfide) groups is 1. The third-order valence-corrected chi connectivity index (χ3v) is 4.11. The van der Waals surface area contributed by atoms with E-state index in [4.69, 9.17) is 0 Å². The number of hydrogen-bond acceptors (Lipinski definition) is 7. The van der Waals surface area contributed by atoms with Gasteiger partial charge in [0, 0.05) is 13.1 Å². The molecule has 0 aliphatic carbocycles. The molecule has 2 N–H and O–H groups in total. The Balaban J connectivity index is 1.89. The second-order valence-electron chi connectivity index (χ2n) is 4.85. The zero-order chi connectivity index (χ0) is 18.4. The van der Waals surface area contributed by atoms with Crippen LogP contribution in [0.15, 0.2) is 24.3 Å². The fourth-order valence-corrected chi connectivity index (χ4v) is 2.77. The lowest BCUT2D eigenvalue weighted by Crippen LogP contribution is -2.41. The van der Waals surface area contributed by atoms with Gasteiger partial charge in [0.15, 0.2) is 0 Å². The minimum atomic E-state index is -0.982. The molecule has 1 aromatic carbocycles. The SMILES string of the molecule is COC(=O)c1ccccc1NC(=O)C(=O)NCCN1C(=O)CSC1=O. The molecule has 0 saturated carbocycles. The van der Waals surface area contributed by atoms with E-state index in [0.29, 0.717) is 0 Å². The van der Waals surface area contributed by atoms with Gasteiger partial charge >= 0.3 is 17.8 Å². The zero-order valence-corrected chi connectivity index (χ0v) is 14.1. The number of benzene rings is 1. The highest BCUT2D eigenvalue weighted by Gasteiger charge is 2.29. The number of nitrogens with zero attached hydrogens (tertiary/aromatic N) is 1. The summed E-state index contributed by atoms with van der Waals surface area (Å²) in [5.41, 5.74) is 0.243.